The van der Waals surface area contributed by atoms with Gasteiger partial charge in [0.2, 0.25) is 0 Å². The summed E-state index contributed by atoms with van der Waals surface area (Å²) in [6, 6.07) is 0. The van der Waals surface area contributed by atoms with Crippen LogP contribution in [0.25, 0.3) is 0 Å². The molecule has 0 saturated carbocycles. The number of hydrogen-bond donors (Lipinski definition) is 0. The third kappa shape index (κ3) is 6.58. The molecule has 0 aromatic rings. The Morgan fingerprint density at radius 2 is 2.00 bits per heavy atom. The maximum atomic E-state index is 2.25. The molecule has 0 aromatic carbocycles. The van der Waals surface area contributed by atoms with Crippen molar-refractivity contribution in [2.75, 3.05) is 0 Å². The number of hydrogen-bond acceptors (Lipinski definition) is 0. The van der Waals surface area contributed by atoms with Crippen LogP contribution < -0.4 is 0 Å². The van der Waals surface area contributed by atoms with Gasteiger partial charge in [0.15, 0.2) is 0 Å². The Balaban J connectivity index is 2.62. The van der Waals surface area contributed by atoms with Gasteiger partial charge in [-0.1, -0.05) is 0 Å². The zero-order chi connectivity index (χ0) is 6.24. The summed E-state index contributed by atoms with van der Waals surface area (Å²) >= 11 is 2.13. The topological polar surface area (TPSA) is 0 Å². The van der Waals surface area contributed by atoms with E-state index >= 15 is 0 Å². The summed E-state index contributed by atoms with van der Waals surface area (Å²) in [6.07, 6.45) is 6.88. The monoisotopic (exact) mass is 146 g/mol. The Hall–Kier alpha value is 0.584. The molecule has 0 fully saturated rings. The van der Waals surface area contributed by atoms with E-state index in [-0.39, 0.29) is 0 Å². The van der Waals surface area contributed by atoms with E-state index in [1.165, 1.54) is 32.1 Å². The van der Waals surface area contributed by atoms with Crippen molar-refractivity contribution in [3.8, 4) is 0 Å². The van der Waals surface area contributed by atoms with Crippen LogP contribution in [0.4, 0.5) is 0 Å². The van der Waals surface area contributed by atoms with E-state index in [4.69, 9.17) is 0 Å². The molecule has 1 heteroatoms. The summed E-state index contributed by atoms with van der Waals surface area (Å²) in [5.41, 5.74) is 0. The molecule has 0 unspecified atom stereocenters. The predicted molar refractivity (Wildman–Crippen MR) is 34.8 cm³/mol. The van der Waals surface area contributed by atoms with Crippen LogP contribution in [-0.2, 0) is 20.0 Å². The second kappa shape index (κ2) is 7.58. The van der Waals surface area contributed by atoms with Crippen LogP contribution in [0.15, 0.2) is 0 Å². The van der Waals surface area contributed by atoms with E-state index in [0.29, 0.717) is 0 Å². The molecule has 0 amide bonds. The normalized spacial score (nSPS) is 9.38. The fraction of sp³-hybridized carbons (Fsp3) is 0.857. The molecular formula is C7H14Ti+2. The standard InChI is InChI=1S/C7H14.Ti/c1-3-5-7-6-4-2;/h1H,3-7H2,2H3;/q;+2. The SMILES string of the molecule is CCCCCC[CH]=[Ti+2]. The first kappa shape index (κ1) is 8.58. The van der Waals surface area contributed by atoms with Crippen molar-refractivity contribution >= 4 is 4.31 Å². The van der Waals surface area contributed by atoms with E-state index < -0.39 is 0 Å². The maximum absolute atomic E-state index is 2.25. The molecule has 0 bridgehead atoms. The predicted octanol–water partition coefficient (Wildman–Crippen LogP) is 2.31. The average molecular weight is 146 g/mol. The van der Waals surface area contributed by atoms with Crippen LogP contribution in [0.2, 0.25) is 0 Å². The Labute approximate surface area is 63.6 Å². The Morgan fingerprint density at radius 3 is 2.50 bits per heavy atom. The minimum absolute atomic E-state index is 1.31. The first-order chi connectivity index (χ1) is 3.91. The van der Waals surface area contributed by atoms with Crippen LogP contribution in [-0.4, -0.2) is 4.31 Å². The Bertz CT molecular complexity index is 50.3. The molecule has 0 N–H and O–H groups in total. The van der Waals surface area contributed by atoms with Crippen LogP contribution in [0.5, 0.6) is 0 Å². The van der Waals surface area contributed by atoms with Crippen LogP contribution >= 0.6 is 0 Å². The first-order valence-corrected chi connectivity index (χ1v) is 4.31. The summed E-state index contributed by atoms with van der Waals surface area (Å²) < 4.78 is 2.25. The van der Waals surface area contributed by atoms with Gasteiger partial charge in [-0.05, 0) is 0 Å². The summed E-state index contributed by atoms with van der Waals surface area (Å²) in [4.78, 5) is 0. The van der Waals surface area contributed by atoms with Crippen molar-refractivity contribution in [3.63, 3.8) is 0 Å². The molecule has 0 heterocycles. The van der Waals surface area contributed by atoms with Crippen molar-refractivity contribution < 1.29 is 20.0 Å². The fourth-order valence-corrected chi connectivity index (χ4v) is 0.992. The van der Waals surface area contributed by atoms with Crippen molar-refractivity contribution in [2.45, 2.75) is 39.0 Å². The second-order valence-corrected chi connectivity index (χ2v) is 2.69. The molecule has 0 spiro atoms. The van der Waals surface area contributed by atoms with E-state index in [2.05, 4.69) is 31.2 Å². The molecule has 0 aliphatic carbocycles. The molecule has 0 nitrogen and oxygen atoms in total. The minimum atomic E-state index is 1.31. The van der Waals surface area contributed by atoms with Crippen LogP contribution in [0.1, 0.15) is 39.0 Å². The molecule has 0 aromatic heterocycles. The van der Waals surface area contributed by atoms with Gasteiger partial charge in [-0.3, -0.25) is 0 Å². The number of unbranched alkanes of at least 4 members (excludes halogenated alkanes) is 4. The summed E-state index contributed by atoms with van der Waals surface area (Å²) in [7, 11) is 0. The third-order valence-corrected chi connectivity index (χ3v) is 1.65. The van der Waals surface area contributed by atoms with Gasteiger partial charge in [-0.25, -0.2) is 0 Å². The molecule has 0 radical (unpaired) electrons. The van der Waals surface area contributed by atoms with Crippen LogP contribution in [0, 0.1) is 0 Å². The van der Waals surface area contributed by atoms with Crippen molar-refractivity contribution in [3.05, 3.63) is 0 Å². The van der Waals surface area contributed by atoms with Crippen LogP contribution in [0.3, 0.4) is 0 Å². The zero-order valence-electron chi connectivity index (χ0n) is 5.61. The second-order valence-electron chi connectivity index (χ2n) is 2.05. The molecular weight excluding hydrogens is 132 g/mol. The Kier molecular flexibility index (Phi) is 8.14. The van der Waals surface area contributed by atoms with Gasteiger partial charge in [0, 0.05) is 0 Å². The summed E-state index contributed by atoms with van der Waals surface area (Å²) in [5, 5.41) is 0. The third-order valence-electron chi connectivity index (χ3n) is 1.20. The van der Waals surface area contributed by atoms with E-state index in [0.717, 1.165) is 0 Å². The fourth-order valence-electron chi connectivity index (χ4n) is 0.673. The van der Waals surface area contributed by atoms with Gasteiger partial charge in [0.25, 0.3) is 0 Å². The zero-order valence-corrected chi connectivity index (χ0v) is 7.17. The average Bonchev–Trinajstić information content (AvgIpc) is 1.81. The van der Waals surface area contributed by atoms with E-state index in [1.807, 2.05) is 0 Å². The molecule has 0 atom stereocenters. The van der Waals surface area contributed by atoms with Gasteiger partial charge in [0.1, 0.15) is 0 Å². The molecule has 0 rings (SSSR count). The Morgan fingerprint density at radius 1 is 1.25 bits per heavy atom. The summed E-state index contributed by atoms with van der Waals surface area (Å²) in [5.74, 6) is 0. The van der Waals surface area contributed by atoms with Crippen molar-refractivity contribution in [2.24, 2.45) is 0 Å². The molecule has 44 valence electrons. The molecule has 0 aliphatic heterocycles. The van der Waals surface area contributed by atoms with E-state index in [1.54, 1.807) is 0 Å². The van der Waals surface area contributed by atoms with E-state index in [9.17, 15) is 0 Å². The first-order valence-electron chi connectivity index (χ1n) is 3.40. The summed E-state index contributed by atoms with van der Waals surface area (Å²) in [6.45, 7) is 2.25. The molecule has 0 aliphatic rings. The van der Waals surface area contributed by atoms with Gasteiger partial charge in [-0.15, -0.1) is 0 Å². The van der Waals surface area contributed by atoms with Gasteiger partial charge in [0.05, 0.1) is 0 Å². The van der Waals surface area contributed by atoms with Gasteiger partial charge < -0.3 is 0 Å². The molecule has 8 heavy (non-hydrogen) atoms. The van der Waals surface area contributed by atoms with Crippen molar-refractivity contribution in [1.29, 1.82) is 0 Å². The van der Waals surface area contributed by atoms with Gasteiger partial charge in [-0.2, -0.15) is 0 Å². The van der Waals surface area contributed by atoms with Crippen molar-refractivity contribution in [1.82, 2.24) is 0 Å². The van der Waals surface area contributed by atoms with Gasteiger partial charge >= 0.3 is 63.3 Å². The number of rotatable bonds is 5. The molecule has 0 saturated heterocycles. The quantitative estimate of drug-likeness (QED) is 0.412.